The van der Waals surface area contributed by atoms with Gasteiger partial charge in [-0.05, 0) is 29.8 Å². The Morgan fingerprint density at radius 1 is 1.33 bits per heavy atom. The van der Waals surface area contributed by atoms with Gasteiger partial charge in [-0.3, -0.25) is 0 Å². The third-order valence-electron chi connectivity index (χ3n) is 2.21. The average molecular weight is 221 g/mol. The highest BCUT2D eigenvalue weighted by molar-refractivity contribution is 6.30. The van der Waals surface area contributed by atoms with Crippen LogP contribution in [0.4, 0.5) is 5.69 Å². The van der Waals surface area contributed by atoms with E-state index in [0.29, 0.717) is 0 Å². The second kappa shape index (κ2) is 4.41. The average Bonchev–Trinajstić information content (AvgIpc) is 2.62. The van der Waals surface area contributed by atoms with Crippen molar-refractivity contribution in [3.63, 3.8) is 0 Å². The summed E-state index contributed by atoms with van der Waals surface area (Å²) in [6, 6.07) is 9.84. The van der Waals surface area contributed by atoms with Crippen molar-refractivity contribution < 1.29 is 0 Å². The fourth-order valence-electron chi connectivity index (χ4n) is 1.47. The van der Waals surface area contributed by atoms with E-state index in [1.807, 2.05) is 42.1 Å². The maximum Gasteiger partial charge on any atom is 0.0426 e. The van der Waals surface area contributed by atoms with Gasteiger partial charge in [-0.2, -0.15) is 0 Å². The van der Waals surface area contributed by atoms with E-state index in [9.17, 15) is 0 Å². The molecule has 15 heavy (non-hydrogen) atoms. The highest BCUT2D eigenvalue weighted by atomic mass is 35.5. The Morgan fingerprint density at radius 2 is 2.20 bits per heavy atom. The van der Waals surface area contributed by atoms with Gasteiger partial charge in [-0.15, -0.1) is 0 Å². The summed E-state index contributed by atoms with van der Waals surface area (Å²) in [5.74, 6) is 0. The largest absolute Gasteiger partial charge is 0.381 e. The number of nitrogens with zero attached hydrogens (tertiary/aromatic N) is 1. The highest BCUT2D eigenvalue weighted by Gasteiger charge is 1.95. The molecule has 0 spiro atoms. The van der Waals surface area contributed by atoms with E-state index in [1.54, 1.807) is 0 Å². The minimum Gasteiger partial charge on any atom is -0.381 e. The number of halogens is 1. The predicted octanol–water partition coefficient (Wildman–Crippen LogP) is 3.29. The highest BCUT2D eigenvalue weighted by Crippen LogP contribution is 2.15. The number of hydrogen-bond donors (Lipinski definition) is 1. The smallest absolute Gasteiger partial charge is 0.0426 e. The van der Waals surface area contributed by atoms with Crippen LogP contribution >= 0.6 is 11.6 Å². The van der Waals surface area contributed by atoms with Crippen molar-refractivity contribution in [3.05, 3.63) is 53.3 Å². The van der Waals surface area contributed by atoms with Crippen LogP contribution in [-0.4, -0.2) is 4.57 Å². The molecule has 0 aliphatic carbocycles. The second-order valence-electron chi connectivity index (χ2n) is 3.55. The number of benzene rings is 1. The Bertz CT molecular complexity index is 448. The number of aryl methyl sites for hydroxylation is 1. The summed E-state index contributed by atoms with van der Waals surface area (Å²) in [5, 5.41) is 4.07. The van der Waals surface area contributed by atoms with E-state index >= 15 is 0 Å². The quantitative estimate of drug-likeness (QED) is 0.840. The molecule has 0 atom stereocenters. The van der Waals surface area contributed by atoms with Crippen molar-refractivity contribution in [1.82, 2.24) is 4.57 Å². The van der Waals surface area contributed by atoms with Gasteiger partial charge in [0.2, 0.25) is 0 Å². The van der Waals surface area contributed by atoms with Gasteiger partial charge in [-0.25, -0.2) is 0 Å². The van der Waals surface area contributed by atoms with Crippen LogP contribution in [0.1, 0.15) is 5.56 Å². The SMILES string of the molecule is Cn1ccc(CNc2cccc(Cl)c2)c1. The molecule has 0 amide bonds. The van der Waals surface area contributed by atoms with Gasteiger partial charge in [-0.1, -0.05) is 17.7 Å². The van der Waals surface area contributed by atoms with Crippen LogP contribution in [0.5, 0.6) is 0 Å². The Balaban J connectivity index is 1.99. The molecule has 1 aromatic heterocycles. The van der Waals surface area contributed by atoms with Crippen LogP contribution in [0.25, 0.3) is 0 Å². The molecule has 2 rings (SSSR count). The lowest BCUT2D eigenvalue weighted by atomic mass is 10.3. The standard InChI is InChI=1S/C12H13ClN2/c1-15-6-5-10(9-15)8-14-12-4-2-3-11(13)7-12/h2-7,9,14H,8H2,1H3. The van der Waals surface area contributed by atoms with Crippen LogP contribution in [0, 0.1) is 0 Å². The van der Waals surface area contributed by atoms with E-state index in [0.717, 1.165) is 17.3 Å². The van der Waals surface area contributed by atoms with Gasteiger partial charge in [0.15, 0.2) is 0 Å². The molecular weight excluding hydrogens is 208 g/mol. The van der Waals surface area contributed by atoms with Crippen molar-refractivity contribution in [2.75, 3.05) is 5.32 Å². The van der Waals surface area contributed by atoms with E-state index in [-0.39, 0.29) is 0 Å². The maximum absolute atomic E-state index is 5.89. The molecule has 3 heteroatoms. The Hall–Kier alpha value is -1.41. The van der Waals surface area contributed by atoms with Gasteiger partial charge in [0.1, 0.15) is 0 Å². The molecule has 0 saturated heterocycles. The van der Waals surface area contributed by atoms with Crippen molar-refractivity contribution in [2.45, 2.75) is 6.54 Å². The Kier molecular flexibility index (Phi) is 2.97. The molecule has 0 fully saturated rings. The summed E-state index contributed by atoms with van der Waals surface area (Å²) in [6.07, 6.45) is 4.13. The van der Waals surface area contributed by atoms with Crippen molar-refractivity contribution >= 4 is 17.3 Å². The van der Waals surface area contributed by atoms with Crippen LogP contribution in [-0.2, 0) is 13.6 Å². The van der Waals surface area contributed by atoms with Crippen LogP contribution in [0.2, 0.25) is 5.02 Å². The number of rotatable bonds is 3. The minimum atomic E-state index is 0.757. The first kappa shape index (κ1) is 10.1. The monoisotopic (exact) mass is 220 g/mol. The Labute approximate surface area is 94.5 Å². The zero-order valence-corrected chi connectivity index (χ0v) is 9.33. The zero-order chi connectivity index (χ0) is 10.7. The minimum absolute atomic E-state index is 0.757. The molecule has 0 saturated carbocycles. The molecule has 1 heterocycles. The molecule has 0 radical (unpaired) electrons. The molecule has 78 valence electrons. The van der Waals surface area contributed by atoms with E-state index < -0.39 is 0 Å². The van der Waals surface area contributed by atoms with Crippen LogP contribution in [0.15, 0.2) is 42.7 Å². The van der Waals surface area contributed by atoms with Crippen molar-refractivity contribution in [1.29, 1.82) is 0 Å². The lowest BCUT2D eigenvalue weighted by Gasteiger charge is -2.04. The predicted molar refractivity (Wildman–Crippen MR) is 64.2 cm³/mol. The van der Waals surface area contributed by atoms with Gasteiger partial charge >= 0.3 is 0 Å². The topological polar surface area (TPSA) is 17.0 Å². The van der Waals surface area contributed by atoms with E-state index in [1.165, 1.54) is 5.56 Å². The van der Waals surface area contributed by atoms with Gasteiger partial charge in [0.25, 0.3) is 0 Å². The summed E-state index contributed by atoms with van der Waals surface area (Å²) in [7, 11) is 2.02. The van der Waals surface area contributed by atoms with E-state index in [2.05, 4.69) is 17.6 Å². The van der Waals surface area contributed by atoms with Gasteiger partial charge in [0.05, 0.1) is 0 Å². The first-order valence-corrected chi connectivity index (χ1v) is 5.22. The second-order valence-corrected chi connectivity index (χ2v) is 3.99. The van der Waals surface area contributed by atoms with Crippen LogP contribution < -0.4 is 5.32 Å². The molecule has 0 bridgehead atoms. The lowest BCUT2D eigenvalue weighted by molar-refractivity contribution is 0.920. The zero-order valence-electron chi connectivity index (χ0n) is 8.57. The number of anilines is 1. The fourth-order valence-corrected chi connectivity index (χ4v) is 1.66. The normalized spacial score (nSPS) is 10.3. The molecule has 2 nitrogen and oxygen atoms in total. The molecular formula is C12H13ClN2. The Morgan fingerprint density at radius 3 is 2.87 bits per heavy atom. The summed E-state index contributed by atoms with van der Waals surface area (Å²) < 4.78 is 2.04. The number of aromatic nitrogens is 1. The molecule has 2 aromatic rings. The number of hydrogen-bond acceptors (Lipinski definition) is 1. The van der Waals surface area contributed by atoms with Crippen molar-refractivity contribution in [2.24, 2.45) is 7.05 Å². The molecule has 0 unspecified atom stereocenters. The molecule has 1 N–H and O–H groups in total. The summed E-state index contributed by atoms with van der Waals surface area (Å²) in [5.41, 5.74) is 2.31. The van der Waals surface area contributed by atoms with E-state index in [4.69, 9.17) is 11.6 Å². The third kappa shape index (κ3) is 2.77. The molecule has 0 aliphatic heterocycles. The summed E-state index contributed by atoms with van der Waals surface area (Å²) in [6.45, 7) is 0.821. The maximum atomic E-state index is 5.89. The third-order valence-corrected chi connectivity index (χ3v) is 2.45. The van der Waals surface area contributed by atoms with Gasteiger partial charge in [0, 0.05) is 36.7 Å². The molecule has 0 aliphatic rings. The number of nitrogens with one attached hydrogen (secondary N) is 1. The van der Waals surface area contributed by atoms with Crippen LogP contribution in [0.3, 0.4) is 0 Å². The fraction of sp³-hybridized carbons (Fsp3) is 0.167. The molecule has 1 aromatic carbocycles. The summed E-state index contributed by atoms with van der Waals surface area (Å²) >= 11 is 5.89. The summed E-state index contributed by atoms with van der Waals surface area (Å²) in [4.78, 5) is 0. The first-order valence-electron chi connectivity index (χ1n) is 4.84. The first-order chi connectivity index (χ1) is 7.24. The van der Waals surface area contributed by atoms with Crippen molar-refractivity contribution in [3.8, 4) is 0 Å². The lowest BCUT2D eigenvalue weighted by Crippen LogP contribution is -1.97. The van der Waals surface area contributed by atoms with Gasteiger partial charge < -0.3 is 9.88 Å².